The molecule has 0 spiro atoms. The molecule has 2 aromatic carbocycles. The minimum Gasteiger partial charge on any atom is -0.497 e. The maximum absolute atomic E-state index is 10.5. The smallest absolute Gasteiger partial charge is 0.118 e. The Kier molecular flexibility index (Phi) is 3.84. The Morgan fingerprint density at radius 2 is 1.90 bits per heavy atom. The molecule has 1 N–H and O–H groups in total. The van der Waals surface area contributed by atoms with Crippen LogP contribution >= 0.6 is 0 Å². The van der Waals surface area contributed by atoms with Crippen LogP contribution in [0.2, 0.25) is 0 Å². The van der Waals surface area contributed by atoms with Crippen molar-refractivity contribution >= 4 is 5.69 Å². The van der Waals surface area contributed by atoms with Crippen LogP contribution in [0.15, 0.2) is 48.5 Å². The average molecular weight is 283 g/mol. The van der Waals surface area contributed by atoms with E-state index in [0.29, 0.717) is 12.6 Å². The minimum atomic E-state index is -0.496. The highest BCUT2D eigenvalue weighted by Crippen LogP contribution is 2.33. The van der Waals surface area contributed by atoms with Crippen LogP contribution in [-0.2, 0) is 6.42 Å². The molecule has 21 heavy (non-hydrogen) atoms. The van der Waals surface area contributed by atoms with E-state index in [1.807, 2.05) is 24.3 Å². The van der Waals surface area contributed by atoms with Gasteiger partial charge in [0.1, 0.15) is 5.75 Å². The van der Waals surface area contributed by atoms with Gasteiger partial charge in [0.25, 0.3) is 0 Å². The van der Waals surface area contributed by atoms with Crippen molar-refractivity contribution < 1.29 is 9.84 Å². The van der Waals surface area contributed by atoms with Crippen molar-refractivity contribution in [3.8, 4) is 5.75 Å². The number of hydrogen-bond donors (Lipinski definition) is 1. The lowest BCUT2D eigenvalue weighted by molar-refractivity contribution is 0.181. The molecule has 1 aliphatic rings. The first-order valence-electron chi connectivity index (χ1n) is 7.35. The van der Waals surface area contributed by atoms with Gasteiger partial charge >= 0.3 is 0 Å². The third-order valence-electron chi connectivity index (χ3n) is 4.22. The van der Waals surface area contributed by atoms with Crippen LogP contribution in [0.1, 0.15) is 24.2 Å². The van der Waals surface area contributed by atoms with Gasteiger partial charge in [0.15, 0.2) is 0 Å². The number of para-hydroxylation sites is 1. The Balaban J connectivity index is 1.76. The number of ether oxygens (including phenoxy) is 1. The van der Waals surface area contributed by atoms with Crippen LogP contribution in [-0.4, -0.2) is 24.8 Å². The quantitative estimate of drug-likeness (QED) is 0.935. The van der Waals surface area contributed by atoms with Gasteiger partial charge in [-0.3, -0.25) is 0 Å². The third kappa shape index (κ3) is 2.74. The first kappa shape index (κ1) is 14.0. The molecule has 2 aromatic rings. The third-order valence-corrected chi connectivity index (χ3v) is 4.22. The second-order valence-electron chi connectivity index (χ2n) is 5.62. The lowest BCUT2D eigenvalue weighted by Gasteiger charge is -2.27. The number of fused-ring (bicyclic) bond motifs is 1. The van der Waals surface area contributed by atoms with Crippen molar-refractivity contribution in [2.24, 2.45) is 0 Å². The second-order valence-corrected chi connectivity index (χ2v) is 5.62. The highest BCUT2D eigenvalue weighted by atomic mass is 16.5. The van der Waals surface area contributed by atoms with Gasteiger partial charge in [-0.15, -0.1) is 0 Å². The highest BCUT2D eigenvalue weighted by Gasteiger charge is 2.27. The van der Waals surface area contributed by atoms with Crippen molar-refractivity contribution in [1.82, 2.24) is 0 Å². The summed E-state index contributed by atoms with van der Waals surface area (Å²) in [7, 11) is 1.65. The number of methoxy groups -OCH3 is 1. The van der Waals surface area contributed by atoms with Gasteiger partial charge in [-0.05, 0) is 42.7 Å². The van der Waals surface area contributed by atoms with Crippen molar-refractivity contribution in [2.45, 2.75) is 25.5 Å². The van der Waals surface area contributed by atoms with Crippen LogP contribution in [0.4, 0.5) is 5.69 Å². The molecule has 110 valence electrons. The van der Waals surface area contributed by atoms with E-state index in [2.05, 4.69) is 36.1 Å². The number of rotatable bonds is 4. The number of anilines is 1. The summed E-state index contributed by atoms with van der Waals surface area (Å²) in [5, 5.41) is 10.5. The maximum Gasteiger partial charge on any atom is 0.118 e. The molecule has 2 unspecified atom stereocenters. The Bertz CT molecular complexity index is 609. The fourth-order valence-electron chi connectivity index (χ4n) is 3.03. The first-order chi connectivity index (χ1) is 10.2. The molecule has 0 aliphatic carbocycles. The molecule has 1 heterocycles. The number of β-amino-alcohol motifs (C(OH)–C–C–N with tert-alkyl or cyclic N) is 1. The van der Waals surface area contributed by atoms with Gasteiger partial charge < -0.3 is 14.7 Å². The summed E-state index contributed by atoms with van der Waals surface area (Å²) in [5.41, 5.74) is 3.54. The van der Waals surface area contributed by atoms with Gasteiger partial charge in [0.2, 0.25) is 0 Å². The van der Waals surface area contributed by atoms with Crippen LogP contribution in [0, 0.1) is 0 Å². The van der Waals surface area contributed by atoms with E-state index in [4.69, 9.17) is 4.74 Å². The summed E-state index contributed by atoms with van der Waals surface area (Å²) in [6, 6.07) is 16.5. The van der Waals surface area contributed by atoms with Crippen molar-refractivity contribution in [1.29, 1.82) is 0 Å². The molecule has 0 saturated carbocycles. The lowest BCUT2D eigenvalue weighted by atomic mass is 10.1. The monoisotopic (exact) mass is 283 g/mol. The zero-order chi connectivity index (χ0) is 14.8. The number of hydrogen-bond acceptors (Lipinski definition) is 3. The van der Waals surface area contributed by atoms with E-state index in [1.165, 1.54) is 11.3 Å². The summed E-state index contributed by atoms with van der Waals surface area (Å²) < 4.78 is 5.15. The van der Waals surface area contributed by atoms with Crippen molar-refractivity contribution in [3.05, 3.63) is 59.7 Å². The Hall–Kier alpha value is -2.00. The van der Waals surface area contributed by atoms with Crippen LogP contribution in [0.3, 0.4) is 0 Å². The molecular weight excluding hydrogens is 262 g/mol. The van der Waals surface area contributed by atoms with Gasteiger partial charge in [-0.1, -0.05) is 30.3 Å². The van der Waals surface area contributed by atoms with E-state index in [9.17, 15) is 5.11 Å². The Morgan fingerprint density at radius 3 is 2.62 bits per heavy atom. The van der Waals surface area contributed by atoms with E-state index in [-0.39, 0.29) is 0 Å². The molecule has 3 nitrogen and oxygen atoms in total. The topological polar surface area (TPSA) is 32.7 Å². The number of aliphatic hydroxyl groups excluding tert-OH is 1. The molecule has 0 aromatic heterocycles. The summed E-state index contributed by atoms with van der Waals surface area (Å²) >= 11 is 0. The maximum atomic E-state index is 10.5. The minimum absolute atomic E-state index is 0.426. The molecular formula is C18H21NO2. The molecule has 0 fully saturated rings. The first-order valence-corrected chi connectivity index (χ1v) is 7.35. The van der Waals surface area contributed by atoms with E-state index < -0.39 is 6.10 Å². The van der Waals surface area contributed by atoms with Gasteiger partial charge in [0.05, 0.1) is 13.2 Å². The molecule has 0 radical (unpaired) electrons. The van der Waals surface area contributed by atoms with Gasteiger partial charge in [0, 0.05) is 18.3 Å². The number of nitrogens with zero attached hydrogens (tertiary/aromatic N) is 1. The molecule has 3 rings (SSSR count). The predicted octanol–water partition coefficient (Wildman–Crippen LogP) is 3.18. The van der Waals surface area contributed by atoms with Crippen LogP contribution in [0.5, 0.6) is 5.75 Å². The van der Waals surface area contributed by atoms with E-state index in [1.54, 1.807) is 7.11 Å². The SMILES string of the molecule is COc1ccc(C(O)CN2c3ccccc3CC2C)cc1. The zero-order valence-corrected chi connectivity index (χ0v) is 12.5. The fourth-order valence-corrected chi connectivity index (χ4v) is 3.03. The molecule has 0 bridgehead atoms. The Labute approximate surface area is 125 Å². The van der Waals surface area contributed by atoms with E-state index >= 15 is 0 Å². The molecule has 3 heteroatoms. The largest absolute Gasteiger partial charge is 0.497 e. The van der Waals surface area contributed by atoms with Gasteiger partial charge in [-0.25, -0.2) is 0 Å². The number of aliphatic hydroxyl groups is 1. The standard InChI is InChI=1S/C18H21NO2/c1-13-11-15-5-3-4-6-17(15)19(13)12-18(20)14-7-9-16(21-2)10-8-14/h3-10,13,18,20H,11-12H2,1-2H3. The summed E-state index contributed by atoms with van der Waals surface area (Å²) in [4.78, 5) is 2.30. The normalized spacial score (nSPS) is 18.4. The summed E-state index contributed by atoms with van der Waals surface area (Å²) in [6.45, 7) is 2.82. The summed E-state index contributed by atoms with van der Waals surface area (Å²) in [5.74, 6) is 0.811. The van der Waals surface area contributed by atoms with Crippen molar-refractivity contribution in [2.75, 3.05) is 18.6 Å². The predicted molar refractivity (Wildman–Crippen MR) is 84.9 cm³/mol. The van der Waals surface area contributed by atoms with Crippen molar-refractivity contribution in [3.63, 3.8) is 0 Å². The molecule has 1 aliphatic heterocycles. The molecule has 0 saturated heterocycles. The van der Waals surface area contributed by atoms with Crippen LogP contribution in [0.25, 0.3) is 0 Å². The molecule has 2 atom stereocenters. The van der Waals surface area contributed by atoms with Gasteiger partial charge in [-0.2, -0.15) is 0 Å². The highest BCUT2D eigenvalue weighted by molar-refractivity contribution is 5.59. The van der Waals surface area contributed by atoms with E-state index in [0.717, 1.165) is 17.7 Å². The summed E-state index contributed by atoms with van der Waals surface area (Å²) in [6.07, 6.45) is 0.551. The average Bonchev–Trinajstić information content (AvgIpc) is 2.83. The Morgan fingerprint density at radius 1 is 1.19 bits per heavy atom. The van der Waals surface area contributed by atoms with Crippen LogP contribution < -0.4 is 9.64 Å². The zero-order valence-electron chi connectivity index (χ0n) is 12.5. The molecule has 0 amide bonds. The fraction of sp³-hybridized carbons (Fsp3) is 0.333. The second kappa shape index (κ2) is 5.78. The lowest BCUT2D eigenvalue weighted by Crippen LogP contribution is -2.33. The number of benzene rings is 2.